The number of amides is 4. The lowest BCUT2D eigenvalue weighted by molar-refractivity contribution is -0.133. The first-order valence-electron chi connectivity index (χ1n) is 9.35. The average molecular weight is 398 g/mol. The number of rotatable bonds is 4. The maximum Gasteiger partial charge on any atom is 0.325 e. The molecule has 3 aromatic carbocycles. The van der Waals surface area contributed by atoms with Gasteiger partial charge in [-0.05, 0) is 35.4 Å². The highest BCUT2D eigenvalue weighted by Gasteiger charge is 2.50. The summed E-state index contributed by atoms with van der Waals surface area (Å²) in [6.07, 6.45) is 0. The standard InChI is InChI=1S/C23H18N4O3/c1-23(18-11-6-9-15-7-2-4-10-17(15)18)21(29)27(22(30)26-23)14-20(28)25-19-12-5-3-8-16(19)13-24/h2-12H,14H2,1H3,(H,25,28)(H,26,30)/t23-/m0/s1. The zero-order chi connectivity index (χ0) is 21.3. The molecule has 3 aromatic rings. The van der Waals surface area contributed by atoms with Crippen molar-refractivity contribution in [2.24, 2.45) is 0 Å². The van der Waals surface area contributed by atoms with Crippen LogP contribution in [0, 0.1) is 11.3 Å². The van der Waals surface area contributed by atoms with Crippen LogP contribution in [0.1, 0.15) is 18.1 Å². The van der Waals surface area contributed by atoms with Gasteiger partial charge in [0.25, 0.3) is 5.91 Å². The smallest absolute Gasteiger partial charge is 0.323 e. The third-order valence-electron chi connectivity index (χ3n) is 5.23. The minimum atomic E-state index is -1.29. The molecule has 0 aliphatic carbocycles. The molecule has 1 saturated heterocycles. The molecule has 1 fully saturated rings. The van der Waals surface area contributed by atoms with E-state index in [1.165, 1.54) is 0 Å². The molecular formula is C23H18N4O3. The summed E-state index contributed by atoms with van der Waals surface area (Å²) in [5.41, 5.74) is -0.00261. The van der Waals surface area contributed by atoms with Crippen LogP contribution in [0.25, 0.3) is 10.8 Å². The normalized spacial score (nSPS) is 18.2. The van der Waals surface area contributed by atoms with Crippen LogP contribution < -0.4 is 10.6 Å². The number of fused-ring (bicyclic) bond motifs is 1. The number of urea groups is 1. The van der Waals surface area contributed by atoms with Crippen molar-refractivity contribution in [3.05, 3.63) is 77.9 Å². The Morgan fingerprint density at radius 2 is 1.77 bits per heavy atom. The Hall–Kier alpha value is -4.18. The monoisotopic (exact) mass is 398 g/mol. The number of hydrogen-bond acceptors (Lipinski definition) is 4. The molecule has 4 amide bonds. The SMILES string of the molecule is C[C@@]1(c2cccc3ccccc23)NC(=O)N(CC(=O)Nc2ccccc2C#N)C1=O. The molecule has 7 nitrogen and oxygen atoms in total. The molecule has 7 heteroatoms. The topological polar surface area (TPSA) is 102 Å². The number of para-hydroxylation sites is 1. The van der Waals surface area contributed by atoms with Gasteiger partial charge < -0.3 is 10.6 Å². The van der Waals surface area contributed by atoms with Gasteiger partial charge in [-0.1, -0.05) is 54.6 Å². The fourth-order valence-corrected chi connectivity index (χ4v) is 3.71. The highest BCUT2D eigenvalue weighted by Crippen LogP contribution is 2.33. The van der Waals surface area contributed by atoms with Crippen molar-refractivity contribution >= 4 is 34.3 Å². The molecular weight excluding hydrogens is 380 g/mol. The Kier molecular flexibility index (Phi) is 4.68. The van der Waals surface area contributed by atoms with E-state index in [1.807, 2.05) is 42.5 Å². The van der Waals surface area contributed by atoms with Gasteiger partial charge in [-0.25, -0.2) is 4.79 Å². The second-order valence-corrected chi connectivity index (χ2v) is 7.18. The number of nitrogens with one attached hydrogen (secondary N) is 2. The van der Waals surface area contributed by atoms with Gasteiger partial charge >= 0.3 is 6.03 Å². The zero-order valence-electron chi connectivity index (χ0n) is 16.2. The first kappa shape index (κ1) is 19.2. The van der Waals surface area contributed by atoms with Crippen LogP contribution in [0.4, 0.5) is 10.5 Å². The van der Waals surface area contributed by atoms with Gasteiger partial charge in [0.1, 0.15) is 18.2 Å². The lowest BCUT2D eigenvalue weighted by Crippen LogP contribution is -2.42. The van der Waals surface area contributed by atoms with Crippen LogP contribution in [0.3, 0.4) is 0 Å². The minimum absolute atomic E-state index is 0.295. The Morgan fingerprint density at radius 3 is 2.57 bits per heavy atom. The summed E-state index contributed by atoms with van der Waals surface area (Å²) in [6, 6.07) is 21.0. The van der Waals surface area contributed by atoms with E-state index in [4.69, 9.17) is 5.26 Å². The predicted molar refractivity (Wildman–Crippen MR) is 111 cm³/mol. The van der Waals surface area contributed by atoms with Crippen LogP contribution in [0.15, 0.2) is 66.7 Å². The van der Waals surface area contributed by atoms with Crippen LogP contribution in [-0.2, 0) is 15.1 Å². The van der Waals surface area contributed by atoms with E-state index in [1.54, 1.807) is 37.3 Å². The lowest BCUT2D eigenvalue weighted by Gasteiger charge is -2.24. The molecule has 0 saturated carbocycles. The van der Waals surface area contributed by atoms with Crippen molar-refractivity contribution in [1.29, 1.82) is 5.26 Å². The van der Waals surface area contributed by atoms with Gasteiger partial charge in [-0.2, -0.15) is 5.26 Å². The third kappa shape index (κ3) is 3.14. The summed E-state index contributed by atoms with van der Waals surface area (Å²) in [5.74, 6) is -1.07. The minimum Gasteiger partial charge on any atom is -0.323 e. The largest absolute Gasteiger partial charge is 0.325 e. The molecule has 0 spiro atoms. The maximum atomic E-state index is 13.2. The first-order chi connectivity index (χ1) is 14.4. The number of carbonyl (C=O) groups excluding carboxylic acids is 3. The van der Waals surface area contributed by atoms with Gasteiger partial charge in [-0.15, -0.1) is 0 Å². The van der Waals surface area contributed by atoms with Gasteiger partial charge in [0.05, 0.1) is 11.3 Å². The number of anilines is 1. The molecule has 2 N–H and O–H groups in total. The number of nitrogens with zero attached hydrogens (tertiary/aromatic N) is 2. The van der Waals surface area contributed by atoms with E-state index in [2.05, 4.69) is 10.6 Å². The van der Waals surface area contributed by atoms with Gasteiger partial charge in [0.2, 0.25) is 5.91 Å². The summed E-state index contributed by atoms with van der Waals surface area (Å²) in [5, 5.41) is 16.3. The van der Waals surface area contributed by atoms with E-state index in [0.717, 1.165) is 15.7 Å². The quantitative estimate of drug-likeness (QED) is 0.659. The average Bonchev–Trinajstić information content (AvgIpc) is 2.97. The first-order valence-corrected chi connectivity index (χ1v) is 9.35. The van der Waals surface area contributed by atoms with Crippen LogP contribution in [-0.4, -0.2) is 29.3 Å². The van der Waals surface area contributed by atoms with Crippen molar-refractivity contribution in [2.45, 2.75) is 12.5 Å². The number of benzene rings is 3. The second-order valence-electron chi connectivity index (χ2n) is 7.18. The molecule has 0 bridgehead atoms. The van der Waals surface area contributed by atoms with Crippen molar-refractivity contribution in [3.63, 3.8) is 0 Å². The number of imide groups is 1. The predicted octanol–water partition coefficient (Wildman–Crippen LogP) is 3.12. The van der Waals surface area contributed by atoms with Crippen molar-refractivity contribution in [1.82, 2.24) is 10.2 Å². The van der Waals surface area contributed by atoms with Crippen LogP contribution in [0.5, 0.6) is 0 Å². The maximum absolute atomic E-state index is 13.2. The van der Waals surface area contributed by atoms with E-state index in [-0.39, 0.29) is 0 Å². The molecule has 0 unspecified atom stereocenters. The third-order valence-corrected chi connectivity index (χ3v) is 5.23. The lowest BCUT2D eigenvalue weighted by atomic mass is 9.88. The van der Waals surface area contributed by atoms with Crippen LogP contribution in [0.2, 0.25) is 0 Å². The zero-order valence-corrected chi connectivity index (χ0v) is 16.2. The Balaban J connectivity index is 1.60. The van der Waals surface area contributed by atoms with E-state index in [9.17, 15) is 14.4 Å². The van der Waals surface area contributed by atoms with E-state index >= 15 is 0 Å². The molecule has 1 atom stereocenters. The van der Waals surface area contributed by atoms with Crippen molar-refractivity contribution in [2.75, 3.05) is 11.9 Å². The summed E-state index contributed by atoms with van der Waals surface area (Å²) >= 11 is 0. The molecule has 148 valence electrons. The summed E-state index contributed by atoms with van der Waals surface area (Å²) in [6.45, 7) is 1.18. The van der Waals surface area contributed by atoms with Crippen molar-refractivity contribution < 1.29 is 14.4 Å². The van der Waals surface area contributed by atoms with Gasteiger partial charge in [0.15, 0.2) is 0 Å². The van der Waals surface area contributed by atoms with Crippen LogP contribution >= 0.6 is 0 Å². The Bertz CT molecular complexity index is 1230. The Morgan fingerprint density at radius 1 is 1.07 bits per heavy atom. The Labute approximate surface area is 172 Å². The second kappa shape index (κ2) is 7.33. The number of hydrogen-bond donors (Lipinski definition) is 2. The fourth-order valence-electron chi connectivity index (χ4n) is 3.71. The van der Waals surface area contributed by atoms with E-state index in [0.29, 0.717) is 16.8 Å². The van der Waals surface area contributed by atoms with Crippen molar-refractivity contribution in [3.8, 4) is 6.07 Å². The number of nitriles is 1. The summed E-state index contributed by atoms with van der Waals surface area (Å²) in [4.78, 5) is 39.2. The molecule has 1 heterocycles. The van der Waals surface area contributed by atoms with Gasteiger partial charge in [-0.3, -0.25) is 14.5 Å². The molecule has 30 heavy (non-hydrogen) atoms. The highest BCUT2D eigenvalue weighted by atomic mass is 16.2. The van der Waals surface area contributed by atoms with Gasteiger partial charge in [0, 0.05) is 0 Å². The molecule has 0 aromatic heterocycles. The fraction of sp³-hybridized carbons (Fsp3) is 0.130. The molecule has 1 aliphatic rings. The van der Waals surface area contributed by atoms with E-state index < -0.39 is 29.9 Å². The number of carbonyl (C=O) groups is 3. The molecule has 4 rings (SSSR count). The molecule has 0 radical (unpaired) electrons. The summed E-state index contributed by atoms with van der Waals surface area (Å²) < 4.78 is 0. The highest BCUT2D eigenvalue weighted by molar-refractivity contribution is 6.11. The summed E-state index contributed by atoms with van der Waals surface area (Å²) in [7, 11) is 0. The molecule has 1 aliphatic heterocycles.